The molecule has 5 heteroatoms. The largest absolute Gasteiger partial charge is 0.444 e. The number of ether oxygens (including phenoxy) is 1. The minimum Gasteiger partial charge on any atom is -0.444 e. The molecule has 4 nitrogen and oxygen atoms in total. The third-order valence-electron chi connectivity index (χ3n) is 3.09. The van der Waals surface area contributed by atoms with Gasteiger partial charge in [-0.05, 0) is 39.7 Å². The van der Waals surface area contributed by atoms with Crippen molar-refractivity contribution in [1.82, 2.24) is 9.88 Å². The van der Waals surface area contributed by atoms with Crippen LogP contribution in [0.5, 0.6) is 0 Å². The Morgan fingerprint density at radius 1 is 1.53 bits per heavy atom. The van der Waals surface area contributed by atoms with Crippen molar-refractivity contribution < 1.29 is 9.53 Å². The number of aromatic nitrogens is 1. The van der Waals surface area contributed by atoms with E-state index in [1.54, 1.807) is 11.1 Å². The highest BCUT2D eigenvalue weighted by Crippen LogP contribution is 2.33. The SMILES string of the molecule is CC(C)(C)OC(=O)N1CCC[C@H]1c1ccc[nH]c1=S. The standard InChI is InChI=1S/C14H20N2O2S/c1-14(2,3)18-13(17)16-9-5-7-11(16)10-6-4-8-15-12(10)19/h4,6,8,11H,5,7,9H2,1-3H3,(H,15,19)/t11-/m0/s1. The van der Waals surface area contributed by atoms with Crippen LogP contribution in [0, 0.1) is 4.64 Å². The second-order valence-corrected chi connectivity index (χ2v) is 6.19. The number of H-pyrrole nitrogens is 1. The van der Waals surface area contributed by atoms with E-state index in [4.69, 9.17) is 17.0 Å². The highest BCUT2D eigenvalue weighted by molar-refractivity contribution is 7.71. The molecule has 1 N–H and O–H groups in total. The van der Waals surface area contributed by atoms with E-state index >= 15 is 0 Å². The molecule has 0 radical (unpaired) electrons. The van der Waals surface area contributed by atoms with Crippen molar-refractivity contribution in [1.29, 1.82) is 0 Å². The summed E-state index contributed by atoms with van der Waals surface area (Å²) in [5.74, 6) is 0. The van der Waals surface area contributed by atoms with Gasteiger partial charge in [0, 0.05) is 18.3 Å². The zero-order chi connectivity index (χ0) is 14.0. The van der Waals surface area contributed by atoms with Crippen molar-refractivity contribution in [3.8, 4) is 0 Å². The van der Waals surface area contributed by atoms with Crippen molar-refractivity contribution >= 4 is 18.3 Å². The van der Waals surface area contributed by atoms with Crippen LogP contribution < -0.4 is 0 Å². The number of rotatable bonds is 1. The number of pyridine rings is 1. The molecule has 1 fully saturated rings. The molecule has 19 heavy (non-hydrogen) atoms. The second kappa shape index (κ2) is 5.33. The van der Waals surface area contributed by atoms with E-state index in [9.17, 15) is 4.79 Å². The quantitative estimate of drug-likeness (QED) is 0.795. The van der Waals surface area contributed by atoms with Gasteiger partial charge in [0.1, 0.15) is 10.2 Å². The van der Waals surface area contributed by atoms with Gasteiger partial charge in [0.15, 0.2) is 0 Å². The summed E-state index contributed by atoms with van der Waals surface area (Å²) in [6, 6.07) is 3.92. The van der Waals surface area contributed by atoms with E-state index in [1.807, 2.05) is 32.9 Å². The topological polar surface area (TPSA) is 45.3 Å². The minimum atomic E-state index is -0.468. The Bertz CT molecular complexity index is 519. The first-order valence-corrected chi connectivity index (χ1v) is 6.96. The molecule has 104 valence electrons. The summed E-state index contributed by atoms with van der Waals surface area (Å²) >= 11 is 5.30. The molecule has 1 aliphatic heterocycles. The number of aromatic amines is 1. The van der Waals surface area contributed by atoms with Crippen molar-refractivity contribution in [3.63, 3.8) is 0 Å². The summed E-state index contributed by atoms with van der Waals surface area (Å²) in [4.78, 5) is 17.0. The van der Waals surface area contributed by atoms with Gasteiger partial charge in [0.25, 0.3) is 0 Å². The Kier molecular flexibility index (Phi) is 3.94. The number of nitrogens with zero attached hydrogens (tertiary/aromatic N) is 1. The number of carbonyl (C=O) groups is 1. The zero-order valence-electron chi connectivity index (χ0n) is 11.6. The maximum absolute atomic E-state index is 12.2. The van der Waals surface area contributed by atoms with E-state index in [1.165, 1.54) is 0 Å². The smallest absolute Gasteiger partial charge is 0.410 e. The van der Waals surface area contributed by atoms with Crippen LogP contribution in [-0.2, 0) is 4.74 Å². The summed E-state index contributed by atoms with van der Waals surface area (Å²) in [5.41, 5.74) is 0.532. The highest BCUT2D eigenvalue weighted by atomic mass is 32.1. The molecule has 0 aromatic carbocycles. The molecule has 1 atom stereocenters. The van der Waals surface area contributed by atoms with Gasteiger partial charge in [-0.3, -0.25) is 0 Å². The van der Waals surface area contributed by atoms with E-state index in [-0.39, 0.29) is 12.1 Å². The van der Waals surface area contributed by atoms with E-state index < -0.39 is 5.60 Å². The molecule has 0 spiro atoms. The fraction of sp³-hybridized carbons (Fsp3) is 0.571. The maximum Gasteiger partial charge on any atom is 0.410 e. The van der Waals surface area contributed by atoms with Gasteiger partial charge in [0.05, 0.1) is 6.04 Å². The van der Waals surface area contributed by atoms with Crippen LogP contribution in [0.15, 0.2) is 18.3 Å². The molecule has 1 saturated heterocycles. The predicted molar refractivity (Wildman–Crippen MR) is 76.5 cm³/mol. The lowest BCUT2D eigenvalue weighted by molar-refractivity contribution is 0.0224. The molecule has 2 heterocycles. The van der Waals surface area contributed by atoms with Gasteiger partial charge < -0.3 is 14.6 Å². The van der Waals surface area contributed by atoms with Gasteiger partial charge in [-0.15, -0.1) is 0 Å². The molecule has 0 bridgehead atoms. The maximum atomic E-state index is 12.2. The first kappa shape index (κ1) is 14.1. The lowest BCUT2D eigenvalue weighted by atomic mass is 10.1. The van der Waals surface area contributed by atoms with Crippen molar-refractivity contribution in [2.24, 2.45) is 0 Å². The number of amides is 1. The molecule has 2 rings (SSSR count). The molecule has 0 saturated carbocycles. The van der Waals surface area contributed by atoms with E-state index in [0.717, 1.165) is 24.9 Å². The first-order chi connectivity index (χ1) is 8.88. The molecule has 1 aromatic rings. The highest BCUT2D eigenvalue weighted by Gasteiger charge is 2.33. The number of hydrogen-bond acceptors (Lipinski definition) is 3. The molecular formula is C14H20N2O2S. The lowest BCUT2D eigenvalue weighted by Gasteiger charge is -2.28. The van der Waals surface area contributed by atoms with Gasteiger partial charge in [0.2, 0.25) is 0 Å². The molecular weight excluding hydrogens is 260 g/mol. The fourth-order valence-corrected chi connectivity index (χ4v) is 2.60. The molecule has 0 unspecified atom stereocenters. The first-order valence-electron chi connectivity index (χ1n) is 6.56. The van der Waals surface area contributed by atoms with Crippen LogP contribution in [0.25, 0.3) is 0 Å². The van der Waals surface area contributed by atoms with Crippen molar-refractivity contribution in [2.45, 2.75) is 45.3 Å². The van der Waals surface area contributed by atoms with E-state index in [0.29, 0.717) is 4.64 Å². The third kappa shape index (κ3) is 3.35. The molecule has 1 aromatic heterocycles. The van der Waals surface area contributed by atoms with Crippen LogP contribution in [0.3, 0.4) is 0 Å². The summed E-state index contributed by atoms with van der Waals surface area (Å²) in [7, 11) is 0. The number of likely N-dealkylation sites (tertiary alicyclic amines) is 1. The Hall–Kier alpha value is -1.36. The zero-order valence-corrected chi connectivity index (χ0v) is 12.4. The Morgan fingerprint density at radius 2 is 2.26 bits per heavy atom. The average Bonchev–Trinajstić information content (AvgIpc) is 2.76. The predicted octanol–water partition coefficient (Wildman–Crippen LogP) is 3.82. The summed E-state index contributed by atoms with van der Waals surface area (Å²) in [6.07, 6.45) is 3.46. The summed E-state index contributed by atoms with van der Waals surface area (Å²) in [5, 5.41) is 0. The van der Waals surface area contributed by atoms with Crippen molar-refractivity contribution in [3.05, 3.63) is 28.5 Å². The van der Waals surface area contributed by atoms with Gasteiger partial charge in [-0.25, -0.2) is 4.79 Å². The molecule has 0 aliphatic carbocycles. The van der Waals surface area contributed by atoms with Gasteiger partial charge in [-0.2, -0.15) is 0 Å². The van der Waals surface area contributed by atoms with E-state index in [2.05, 4.69) is 4.98 Å². The molecule has 1 amide bonds. The summed E-state index contributed by atoms with van der Waals surface area (Å²) < 4.78 is 6.15. The van der Waals surface area contributed by atoms with Gasteiger partial charge in [-0.1, -0.05) is 18.3 Å². The number of carbonyl (C=O) groups excluding carboxylic acids is 1. The van der Waals surface area contributed by atoms with Crippen LogP contribution in [0.4, 0.5) is 4.79 Å². The second-order valence-electron chi connectivity index (χ2n) is 5.79. The fourth-order valence-electron chi connectivity index (χ4n) is 2.33. The van der Waals surface area contributed by atoms with Crippen LogP contribution in [0.2, 0.25) is 0 Å². The molecule has 1 aliphatic rings. The van der Waals surface area contributed by atoms with Gasteiger partial charge >= 0.3 is 6.09 Å². The monoisotopic (exact) mass is 280 g/mol. The van der Waals surface area contributed by atoms with Crippen LogP contribution in [-0.4, -0.2) is 28.1 Å². The Labute approximate surface area is 118 Å². The summed E-state index contributed by atoms with van der Waals surface area (Å²) in [6.45, 7) is 6.36. The van der Waals surface area contributed by atoms with Crippen LogP contribution in [0.1, 0.15) is 45.2 Å². The Morgan fingerprint density at radius 3 is 2.89 bits per heavy atom. The number of nitrogens with one attached hydrogen (secondary N) is 1. The third-order valence-corrected chi connectivity index (χ3v) is 3.44. The Balaban J connectivity index is 2.20. The normalized spacial score (nSPS) is 19.5. The number of hydrogen-bond donors (Lipinski definition) is 1. The lowest BCUT2D eigenvalue weighted by Crippen LogP contribution is -2.36. The van der Waals surface area contributed by atoms with Crippen LogP contribution >= 0.6 is 12.2 Å². The van der Waals surface area contributed by atoms with Crippen molar-refractivity contribution in [2.75, 3.05) is 6.54 Å². The minimum absolute atomic E-state index is 0.0276. The average molecular weight is 280 g/mol.